The highest BCUT2D eigenvalue weighted by Gasteiger charge is 2.23. The maximum absolute atomic E-state index is 13.0. The van der Waals surface area contributed by atoms with E-state index >= 15 is 0 Å². The molecule has 9 heteroatoms. The molecule has 0 saturated carbocycles. The van der Waals surface area contributed by atoms with Gasteiger partial charge in [-0.25, -0.2) is 21.6 Å². The van der Waals surface area contributed by atoms with Crippen molar-refractivity contribution in [1.82, 2.24) is 4.72 Å². The molecule has 0 amide bonds. The van der Waals surface area contributed by atoms with Crippen LogP contribution in [0.2, 0.25) is 0 Å². The van der Waals surface area contributed by atoms with Crippen LogP contribution in [0.25, 0.3) is 0 Å². The molecular formula is C20H28N2O5S2. The highest BCUT2D eigenvalue weighted by atomic mass is 32.2. The molecule has 0 spiro atoms. The van der Waals surface area contributed by atoms with E-state index in [1.54, 1.807) is 20.8 Å². The highest BCUT2D eigenvalue weighted by molar-refractivity contribution is 7.92. The summed E-state index contributed by atoms with van der Waals surface area (Å²) in [6.45, 7) is 9.23. The minimum Gasteiger partial charge on any atom is -0.383 e. The van der Waals surface area contributed by atoms with Crippen LogP contribution >= 0.6 is 0 Å². The Morgan fingerprint density at radius 3 is 1.90 bits per heavy atom. The monoisotopic (exact) mass is 440 g/mol. The summed E-state index contributed by atoms with van der Waals surface area (Å²) in [5.74, 6) is 0. The smallest absolute Gasteiger partial charge is 0.262 e. The van der Waals surface area contributed by atoms with Gasteiger partial charge in [-0.15, -0.1) is 0 Å². The molecule has 29 heavy (non-hydrogen) atoms. The van der Waals surface area contributed by atoms with Crippen LogP contribution in [0.5, 0.6) is 0 Å². The van der Waals surface area contributed by atoms with Gasteiger partial charge in [-0.2, -0.15) is 0 Å². The van der Waals surface area contributed by atoms with Gasteiger partial charge >= 0.3 is 0 Å². The van der Waals surface area contributed by atoms with Crippen molar-refractivity contribution in [2.75, 3.05) is 18.4 Å². The average Bonchev–Trinajstić information content (AvgIpc) is 2.60. The number of anilines is 1. The maximum Gasteiger partial charge on any atom is 0.262 e. The molecule has 0 heterocycles. The third-order valence-electron chi connectivity index (χ3n) is 4.76. The van der Waals surface area contributed by atoms with Crippen LogP contribution in [0, 0.1) is 27.7 Å². The van der Waals surface area contributed by atoms with Crippen molar-refractivity contribution in [2.24, 2.45) is 0 Å². The molecule has 2 rings (SSSR count). The molecule has 160 valence electrons. The molecule has 1 atom stereocenters. The number of ether oxygens (including phenoxy) is 1. The van der Waals surface area contributed by atoms with E-state index in [0.717, 1.165) is 11.1 Å². The van der Waals surface area contributed by atoms with Gasteiger partial charge in [-0.05, 0) is 81.1 Å². The van der Waals surface area contributed by atoms with Gasteiger partial charge in [0, 0.05) is 18.8 Å². The van der Waals surface area contributed by atoms with Gasteiger partial charge < -0.3 is 4.74 Å². The second kappa shape index (κ2) is 8.83. The van der Waals surface area contributed by atoms with Crippen molar-refractivity contribution in [3.05, 3.63) is 52.6 Å². The Kier molecular flexibility index (Phi) is 7.10. The minimum absolute atomic E-state index is 0.0437. The quantitative estimate of drug-likeness (QED) is 0.657. The van der Waals surface area contributed by atoms with Gasteiger partial charge in [0.05, 0.1) is 16.4 Å². The fraction of sp³-hybridized carbons (Fsp3) is 0.400. The molecule has 0 aliphatic rings. The fourth-order valence-electron chi connectivity index (χ4n) is 3.11. The Bertz CT molecular complexity index is 1070. The lowest BCUT2D eigenvalue weighted by Gasteiger charge is -2.17. The van der Waals surface area contributed by atoms with E-state index in [4.69, 9.17) is 4.74 Å². The molecule has 0 aliphatic heterocycles. The summed E-state index contributed by atoms with van der Waals surface area (Å²) in [6, 6.07) is 7.16. The Hall–Kier alpha value is -1.94. The first kappa shape index (κ1) is 23.3. The van der Waals surface area contributed by atoms with Gasteiger partial charge in [0.2, 0.25) is 10.0 Å². The van der Waals surface area contributed by atoms with Crippen LogP contribution in [0.15, 0.2) is 40.1 Å². The molecule has 0 radical (unpaired) electrons. The third kappa shape index (κ3) is 5.36. The SMILES string of the molecule is COCC(C)NS(=O)(=O)c1ccc(NS(=O)(=O)c2c(C)c(C)cc(C)c2C)cc1. The standard InChI is InChI=1S/C20H28N2O5S2/c1-13-11-14(2)17(5)20(16(13)4)29(25,26)22-18-7-9-19(10-8-18)28(23,24)21-15(3)12-27-6/h7-11,15,21-22H,12H2,1-6H3. The van der Waals surface area contributed by atoms with Crippen LogP contribution in [-0.2, 0) is 24.8 Å². The minimum atomic E-state index is -3.83. The van der Waals surface area contributed by atoms with Gasteiger partial charge in [-0.1, -0.05) is 6.07 Å². The molecule has 2 aromatic rings. The maximum atomic E-state index is 13.0. The Morgan fingerprint density at radius 2 is 1.41 bits per heavy atom. The number of nitrogens with one attached hydrogen (secondary N) is 2. The molecule has 1 unspecified atom stereocenters. The van der Waals surface area contributed by atoms with Gasteiger partial charge in [0.15, 0.2) is 0 Å². The number of hydrogen-bond donors (Lipinski definition) is 2. The molecule has 2 N–H and O–H groups in total. The molecule has 7 nitrogen and oxygen atoms in total. The van der Waals surface area contributed by atoms with Crippen molar-refractivity contribution in [3.8, 4) is 0 Å². The summed E-state index contributed by atoms with van der Waals surface area (Å²) < 4.78 is 60.8. The lowest BCUT2D eigenvalue weighted by molar-refractivity contribution is 0.180. The first-order valence-electron chi connectivity index (χ1n) is 9.10. The fourth-order valence-corrected chi connectivity index (χ4v) is 6.01. The zero-order valence-electron chi connectivity index (χ0n) is 17.5. The van der Waals surface area contributed by atoms with Crippen molar-refractivity contribution >= 4 is 25.7 Å². The van der Waals surface area contributed by atoms with Gasteiger partial charge in [0.25, 0.3) is 10.0 Å². The topological polar surface area (TPSA) is 102 Å². The Labute approximate surface area is 173 Å². The summed E-state index contributed by atoms with van der Waals surface area (Å²) in [7, 11) is -6.06. The first-order valence-corrected chi connectivity index (χ1v) is 12.1. The molecule has 0 aliphatic carbocycles. The second-order valence-electron chi connectivity index (χ2n) is 7.20. The zero-order chi connectivity index (χ0) is 22.0. The highest BCUT2D eigenvalue weighted by Crippen LogP contribution is 2.28. The van der Waals surface area contributed by atoms with Crippen LogP contribution in [0.3, 0.4) is 0 Å². The lowest BCUT2D eigenvalue weighted by Crippen LogP contribution is -2.35. The number of rotatable bonds is 8. The van der Waals surface area contributed by atoms with Gasteiger partial charge in [-0.3, -0.25) is 4.72 Å². The zero-order valence-corrected chi connectivity index (χ0v) is 19.2. The van der Waals surface area contributed by atoms with E-state index < -0.39 is 26.1 Å². The summed E-state index contributed by atoms with van der Waals surface area (Å²) >= 11 is 0. The average molecular weight is 441 g/mol. The summed E-state index contributed by atoms with van der Waals surface area (Å²) in [4.78, 5) is 0.295. The van der Waals surface area contributed by atoms with Gasteiger partial charge in [0.1, 0.15) is 0 Å². The third-order valence-corrected chi connectivity index (χ3v) is 8.02. The molecule has 0 saturated heterocycles. The predicted octanol–water partition coefficient (Wildman–Crippen LogP) is 3.03. The number of aryl methyl sites for hydroxylation is 2. The Balaban J connectivity index is 2.31. The first-order chi connectivity index (χ1) is 13.4. The second-order valence-corrected chi connectivity index (χ2v) is 10.5. The van der Waals surface area contributed by atoms with E-state index in [1.165, 1.54) is 31.4 Å². The van der Waals surface area contributed by atoms with E-state index in [1.807, 2.05) is 19.9 Å². The molecule has 0 fully saturated rings. The Morgan fingerprint density at radius 1 is 0.897 bits per heavy atom. The van der Waals surface area contributed by atoms with E-state index in [0.29, 0.717) is 11.1 Å². The van der Waals surface area contributed by atoms with Crippen molar-refractivity contribution in [1.29, 1.82) is 0 Å². The molecule has 0 aromatic heterocycles. The predicted molar refractivity (Wildman–Crippen MR) is 114 cm³/mol. The number of benzene rings is 2. The van der Waals surface area contributed by atoms with Crippen molar-refractivity contribution < 1.29 is 21.6 Å². The lowest BCUT2D eigenvalue weighted by atomic mass is 10.0. The summed E-state index contributed by atoms with van der Waals surface area (Å²) in [5, 5.41) is 0. The van der Waals surface area contributed by atoms with Crippen LogP contribution < -0.4 is 9.44 Å². The van der Waals surface area contributed by atoms with Crippen molar-refractivity contribution in [2.45, 2.75) is 50.5 Å². The number of sulfonamides is 2. The van der Waals surface area contributed by atoms with E-state index in [2.05, 4.69) is 9.44 Å². The van der Waals surface area contributed by atoms with Crippen LogP contribution in [-0.4, -0.2) is 36.6 Å². The number of hydrogen-bond acceptors (Lipinski definition) is 5. The van der Waals surface area contributed by atoms with Crippen molar-refractivity contribution in [3.63, 3.8) is 0 Å². The normalized spacial score (nSPS) is 13.3. The molecular weight excluding hydrogens is 412 g/mol. The molecule has 0 bridgehead atoms. The van der Waals surface area contributed by atoms with E-state index in [-0.39, 0.29) is 22.1 Å². The summed E-state index contributed by atoms with van der Waals surface area (Å²) in [6.07, 6.45) is 0. The van der Waals surface area contributed by atoms with Crippen LogP contribution in [0.4, 0.5) is 5.69 Å². The largest absolute Gasteiger partial charge is 0.383 e. The summed E-state index contributed by atoms with van der Waals surface area (Å²) in [5.41, 5.74) is 3.46. The molecule has 2 aromatic carbocycles. The number of methoxy groups -OCH3 is 1. The van der Waals surface area contributed by atoms with Crippen LogP contribution in [0.1, 0.15) is 29.2 Å². The van der Waals surface area contributed by atoms with E-state index in [9.17, 15) is 16.8 Å².